The molecule has 0 aromatic carbocycles. The summed E-state index contributed by atoms with van der Waals surface area (Å²) in [5.41, 5.74) is 5.02. The average Bonchev–Trinajstić information content (AvgIpc) is 2.14. The molecule has 0 saturated heterocycles. The van der Waals surface area contributed by atoms with Crippen LogP contribution in [0.2, 0.25) is 0 Å². The van der Waals surface area contributed by atoms with E-state index in [9.17, 15) is 4.79 Å². The number of aromatic amines is 1. The summed E-state index contributed by atoms with van der Waals surface area (Å²) >= 11 is 0. The van der Waals surface area contributed by atoms with Gasteiger partial charge in [0.25, 0.3) is 5.56 Å². The summed E-state index contributed by atoms with van der Waals surface area (Å²) < 4.78 is 1.26. The van der Waals surface area contributed by atoms with Crippen LogP contribution in [0.15, 0.2) is 11.0 Å². The predicted molar refractivity (Wildman–Crippen MR) is 37.0 cm³/mol. The minimum absolute atomic E-state index is 0.207. The Balaban J connectivity index is 3.32. The lowest BCUT2D eigenvalue weighted by Gasteiger charge is -1.85. The fourth-order valence-electron chi connectivity index (χ4n) is 0.655. The maximum atomic E-state index is 10.9. The number of amidine groups is 1. The summed E-state index contributed by atoms with van der Waals surface area (Å²) in [5, 5.41) is 9.54. The Kier molecular flexibility index (Phi) is 1.33. The van der Waals surface area contributed by atoms with Crippen molar-refractivity contribution >= 4 is 5.84 Å². The van der Waals surface area contributed by atoms with E-state index in [4.69, 9.17) is 11.1 Å². The summed E-state index contributed by atoms with van der Waals surface area (Å²) in [6.45, 7) is 0. The van der Waals surface area contributed by atoms with Crippen LogP contribution in [0.3, 0.4) is 0 Å². The summed E-state index contributed by atoms with van der Waals surface area (Å²) in [5.74, 6) is -0.207. The lowest BCUT2D eigenvalue weighted by Crippen LogP contribution is -2.23. The Morgan fingerprint density at radius 2 is 2.50 bits per heavy atom. The zero-order chi connectivity index (χ0) is 7.72. The van der Waals surface area contributed by atoms with Crippen LogP contribution in [0, 0.1) is 5.41 Å². The number of nitrogens with one attached hydrogen (secondary N) is 2. The number of nitrogen functional groups attached to an aromatic ring is 1. The lowest BCUT2D eigenvalue weighted by molar-refractivity contribution is 0.739. The Bertz CT molecular complexity index is 308. The first-order chi connectivity index (χ1) is 4.63. The van der Waals surface area contributed by atoms with Gasteiger partial charge in [-0.1, -0.05) is 0 Å². The quantitative estimate of drug-likeness (QED) is 0.345. The maximum absolute atomic E-state index is 10.9. The highest BCUT2D eigenvalue weighted by Gasteiger charge is 2.04. The molecule has 0 saturated carbocycles. The van der Waals surface area contributed by atoms with E-state index < -0.39 is 0 Å². The molecule has 1 aromatic rings. The predicted octanol–water partition coefficient (Wildman–Crippen LogP) is -1.00. The van der Waals surface area contributed by atoms with Crippen LogP contribution in [0.25, 0.3) is 0 Å². The van der Waals surface area contributed by atoms with Crippen LogP contribution >= 0.6 is 0 Å². The first-order valence-electron chi connectivity index (χ1n) is 2.71. The molecular formula is C5H8N4O. The van der Waals surface area contributed by atoms with Gasteiger partial charge < -0.3 is 10.8 Å². The molecule has 0 fully saturated rings. The number of hydrogen-bond acceptors (Lipinski definition) is 2. The molecule has 5 nitrogen and oxygen atoms in total. The van der Waals surface area contributed by atoms with Gasteiger partial charge in [0, 0.05) is 13.2 Å². The molecule has 0 amide bonds. The van der Waals surface area contributed by atoms with Gasteiger partial charge in [-0.05, 0) is 0 Å². The number of rotatable bonds is 1. The number of hydrogen-bond donors (Lipinski definition) is 3. The molecule has 0 aliphatic heterocycles. The first kappa shape index (κ1) is 6.60. The van der Waals surface area contributed by atoms with Crippen molar-refractivity contribution in [1.82, 2.24) is 9.78 Å². The van der Waals surface area contributed by atoms with E-state index in [1.54, 1.807) is 7.05 Å². The molecule has 0 aliphatic rings. The van der Waals surface area contributed by atoms with Gasteiger partial charge in [-0.25, -0.2) is 0 Å². The molecule has 0 unspecified atom stereocenters. The van der Waals surface area contributed by atoms with Gasteiger partial charge in [0.05, 0.1) is 0 Å². The van der Waals surface area contributed by atoms with Crippen LogP contribution in [0.4, 0.5) is 0 Å². The Hall–Kier alpha value is -1.52. The van der Waals surface area contributed by atoms with Gasteiger partial charge in [-0.2, -0.15) is 0 Å². The Morgan fingerprint density at radius 3 is 2.70 bits per heavy atom. The third-order valence-corrected chi connectivity index (χ3v) is 1.23. The second-order valence-electron chi connectivity index (χ2n) is 1.96. The molecule has 0 atom stereocenters. The molecule has 0 aliphatic carbocycles. The highest BCUT2D eigenvalue weighted by Crippen LogP contribution is 1.83. The van der Waals surface area contributed by atoms with Crippen LogP contribution < -0.4 is 11.3 Å². The first-order valence-corrected chi connectivity index (χ1v) is 2.71. The summed E-state index contributed by atoms with van der Waals surface area (Å²) in [6.07, 6.45) is 1.41. The highest BCUT2D eigenvalue weighted by molar-refractivity contribution is 5.94. The number of H-pyrrole nitrogens is 1. The molecule has 54 valence electrons. The molecule has 1 aromatic heterocycles. The van der Waals surface area contributed by atoms with Crippen molar-refractivity contribution in [2.75, 3.05) is 0 Å². The minimum atomic E-state index is -0.271. The number of nitrogens with zero attached hydrogens (tertiary/aromatic N) is 1. The van der Waals surface area contributed by atoms with Gasteiger partial charge in [-0.3, -0.25) is 14.9 Å². The third kappa shape index (κ3) is 0.812. The lowest BCUT2D eigenvalue weighted by atomic mass is 10.3. The summed E-state index contributed by atoms with van der Waals surface area (Å²) in [7, 11) is 1.56. The van der Waals surface area contributed by atoms with Gasteiger partial charge >= 0.3 is 0 Å². The topological polar surface area (TPSA) is 87.7 Å². The zero-order valence-electron chi connectivity index (χ0n) is 5.51. The molecule has 4 N–H and O–H groups in total. The van der Waals surface area contributed by atoms with Crippen molar-refractivity contribution in [3.05, 3.63) is 22.1 Å². The van der Waals surface area contributed by atoms with Crippen molar-refractivity contribution in [3.63, 3.8) is 0 Å². The molecule has 1 rings (SSSR count). The largest absolute Gasteiger partial charge is 0.383 e. The SMILES string of the molecule is Cn1[nH]cc(C(=N)N)c1=O. The van der Waals surface area contributed by atoms with E-state index in [2.05, 4.69) is 5.10 Å². The van der Waals surface area contributed by atoms with E-state index in [0.717, 1.165) is 0 Å². The average molecular weight is 140 g/mol. The maximum Gasteiger partial charge on any atom is 0.277 e. The fraction of sp³-hybridized carbons (Fsp3) is 0.200. The van der Waals surface area contributed by atoms with E-state index in [-0.39, 0.29) is 17.0 Å². The van der Waals surface area contributed by atoms with Gasteiger partial charge in [0.1, 0.15) is 11.4 Å². The van der Waals surface area contributed by atoms with Crippen molar-refractivity contribution in [2.24, 2.45) is 12.8 Å². The number of aromatic nitrogens is 2. The summed E-state index contributed by atoms with van der Waals surface area (Å²) in [6, 6.07) is 0. The van der Waals surface area contributed by atoms with Crippen molar-refractivity contribution < 1.29 is 0 Å². The van der Waals surface area contributed by atoms with Crippen LogP contribution in [0.1, 0.15) is 5.56 Å². The van der Waals surface area contributed by atoms with Crippen molar-refractivity contribution in [3.8, 4) is 0 Å². The molecule has 0 spiro atoms. The van der Waals surface area contributed by atoms with E-state index in [1.165, 1.54) is 10.9 Å². The Morgan fingerprint density at radius 1 is 1.90 bits per heavy atom. The molecule has 0 radical (unpaired) electrons. The third-order valence-electron chi connectivity index (χ3n) is 1.23. The van der Waals surface area contributed by atoms with Gasteiger partial charge in [0.15, 0.2) is 0 Å². The molecule has 1 heterocycles. The van der Waals surface area contributed by atoms with Crippen LogP contribution in [0.5, 0.6) is 0 Å². The Labute approximate surface area is 57.0 Å². The normalized spacial score (nSPS) is 9.70. The number of nitrogens with two attached hydrogens (primary N) is 1. The molecule has 0 bridgehead atoms. The van der Waals surface area contributed by atoms with E-state index in [1.807, 2.05) is 0 Å². The second kappa shape index (κ2) is 2.02. The van der Waals surface area contributed by atoms with Gasteiger partial charge in [0.2, 0.25) is 0 Å². The van der Waals surface area contributed by atoms with Crippen LogP contribution in [-0.4, -0.2) is 15.6 Å². The summed E-state index contributed by atoms with van der Waals surface area (Å²) in [4.78, 5) is 10.9. The van der Waals surface area contributed by atoms with Crippen LogP contribution in [-0.2, 0) is 7.05 Å². The fourth-order valence-corrected chi connectivity index (χ4v) is 0.655. The van der Waals surface area contributed by atoms with E-state index >= 15 is 0 Å². The second-order valence-corrected chi connectivity index (χ2v) is 1.96. The monoisotopic (exact) mass is 140 g/mol. The van der Waals surface area contributed by atoms with Crippen molar-refractivity contribution in [1.29, 1.82) is 5.41 Å². The zero-order valence-corrected chi connectivity index (χ0v) is 5.51. The van der Waals surface area contributed by atoms with E-state index in [0.29, 0.717) is 0 Å². The molecule has 10 heavy (non-hydrogen) atoms. The van der Waals surface area contributed by atoms with Crippen molar-refractivity contribution in [2.45, 2.75) is 0 Å². The number of aryl methyl sites for hydroxylation is 1. The molecular weight excluding hydrogens is 132 g/mol. The molecule has 5 heteroatoms. The minimum Gasteiger partial charge on any atom is -0.383 e. The highest BCUT2D eigenvalue weighted by atomic mass is 16.1. The standard InChI is InChI=1S/C5H8N4O/c1-9-5(10)3(2-8-9)4(6)7/h2,8H,1H3,(H3,6,7). The van der Waals surface area contributed by atoms with Gasteiger partial charge in [-0.15, -0.1) is 0 Å². The smallest absolute Gasteiger partial charge is 0.277 e.